The van der Waals surface area contributed by atoms with Gasteiger partial charge in [-0.2, -0.15) is 13.6 Å². The van der Waals surface area contributed by atoms with E-state index in [9.17, 15) is 38.2 Å². The van der Waals surface area contributed by atoms with Crippen LogP contribution in [0.1, 0.15) is 13.2 Å². The van der Waals surface area contributed by atoms with E-state index in [-0.39, 0.29) is 0 Å². The van der Waals surface area contributed by atoms with E-state index in [0.717, 1.165) is 6.92 Å². The van der Waals surface area contributed by atoms with E-state index in [4.69, 9.17) is 31.9 Å². The number of hydrogen-bond acceptors (Lipinski definition) is 12. The van der Waals surface area contributed by atoms with Crippen molar-refractivity contribution in [2.45, 2.75) is 36.3 Å². The van der Waals surface area contributed by atoms with Gasteiger partial charge in [-0.15, -0.1) is 0 Å². The number of aliphatic hydroxyl groups excluding tert-OH is 1. The Morgan fingerprint density at radius 2 is 1.88 bits per heavy atom. The molecule has 2 heterocycles. The van der Waals surface area contributed by atoms with E-state index in [1.165, 1.54) is 0 Å². The van der Waals surface area contributed by atoms with Crippen LogP contribution >= 0.6 is 35.1 Å². The highest BCUT2D eigenvalue weighted by molar-refractivity contribution is 7.66. The highest BCUT2D eigenvalue weighted by Crippen LogP contribution is 2.66. The average molecular weight is 557 g/mol. The predicted molar refractivity (Wildman–Crippen MR) is 104 cm³/mol. The van der Waals surface area contributed by atoms with Crippen molar-refractivity contribution in [3.05, 3.63) is 27.3 Å². The molecule has 33 heavy (non-hydrogen) atoms. The summed E-state index contributed by atoms with van der Waals surface area (Å²) in [5.41, 5.74) is 3.05. The molecule has 2 rings (SSSR count). The zero-order valence-corrected chi connectivity index (χ0v) is 19.4. The predicted octanol–water partition coefficient (Wildman–Crippen LogP) is -2.18. The molecule has 7 atom stereocenters. The van der Waals surface area contributed by atoms with Crippen LogP contribution in [-0.2, 0) is 31.6 Å². The summed E-state index contributed by atoms with van der Waals surface area (Å²) in [5, 5.41) is 10.6. The van der Waals surface area contributed by atoms with E-state index in [1.807, 2.05) is 6.04 Å². The van der Waals surface area contributed by atoms with Crippen LogP contribution in [0.25, 0.3) is 0 Å². The fraction of sp³-hybridized carbons (Fsp3) is 0.545. The van der Waals surface area contributed by atoms with Gasteiger partial charge in [0.15, 0.2) is 11.1 Å². The molecule has 0 amide bonds. The molecule has 1 fully saturated rings. The van der Waals surface area contributed by atoms with Crippen molar-refractivity contribution in [1.29, 1.82) is 0 Å². The van der Waals surface area contributed by atoms with Gasteiger partial charge in [0.1, 0.15) is 18.5 Å². The van der Waals surface area contributed by atoms with E-state index >= 15 is 0 Å². The summed E-state index contributed by atoms with van der Waals surface area (Å²) < 4.78 is 52.0. The summed E-state index contributed by atoms with van der Waals surface area (Å²) in [7, 11) is -17.0. The lowest BCUT2D eigenvalue weighted by Gasteiger charge is -2.26. The van der Waals surface area contributed by atoms with Gasteiger partial charge in [0.05, 0.1) is 6.10 Å². The first-order chi connectivity index (χ1) is 14.9. The molecule has 0 saturated carbocycles. The summed E-state index contributed by atoms with van der Waals surface area (Å²) in [6.07, 6.45) is -6.32. The number of phosphoric ester groups is 1. The van der Waals surface area contributed by atoms with Crippen LogP contribution in [0.2, 0.25) is 0 Å². The van der Waals surface area contributed by atoms with Gasteiger partial charge in [-0.25, -0.2) is 23.3 Å². The standard InChI is InChI=1S/C11H16ClN4O14P3/c1-5(28-32(23,24)30-33(25,26)29-31(20,21)22)6-7(17)11(12,2-3-13)8(27-6)16-4-14-9(18)15-10(16)19/h4-8,17H,13H2,1H3,(H,23,24)(H,25,26)(H,15,18,19)(H2,20,21,22)/t5-,6+,7-,8?,11-/m0/s1. The lowest BCUT2D eigenvalue weighted by atomic mass is 9.97. The van der Waals surface area contributed by atoms with Gasteiger partial charge in [0.25, 0.3) is 0 Å². The molecule has 1 aromatic rings. The van der Waals surface area contributed by atoms with E-state index in [1.54, 1.807) is 4.98 Å². The van der Waals surface area contributed by atoms with Gasteiger partial charge in [0.2, 0.25) is 0 Å². The monoisotopic (exact) mass is 556 g/mol. The summed E-state index contributed by atoms with van der Waals surface area (Å²) in [6.45, 7) is 0.996. The Hall–Kier alpha value is -1.41. The minimum absolute atomic E-state index is 0.625. The molecule has 22 heteroatoms. The number of nitrogens with one attached hydrogen (secondary N) is 1. The van der Waals surface area contributed by atoms with Crippen LogP contribution in [0.15, 0.2) is 15.9 Å². The largest absolute Gasteiger partial charge is 0.490 e. The normalized spacial score (nSPS) is 30.0. The maximum Gasteiger partial charge on any atom is 0.490 e. The lowest BCUT2D eigenvalue weighted by molar-refractivity contribution is -0.0752. The second-order valence-corrected chi connectivity index (χ2v) is 11.2. The molecule has 1 aliphatic heterocycles. The third kappa shape index (κ3) is 6.81. The Morgan fingerprint density at radius 1 is 1.27 bits per heavy atom. The van der Waals surface area contributed by atoms with E-state index in [0.29, 0.717) is 10.9 Å². The number of hydrogen-bond donors (Lipinski definition) is 7. The Labute approximate surface area is 187 Å². The molecule has 0 aromatic carbocycles. The third-order valence-corrected chi connectivity index (χ3v) is 8.26. The van der Waals surface area contributed by atoms with Gasteiger partial charge in [0, 0.05) is 6.04 Å². The minimum atomic E-state index is -5.80. The van der Waals surface area contributed by atoms with Crippen LogP contribution < -0.4 is 17.1 Å². The van der Waals surface area contributed by atoms with Crippen molar-refractivity contribution in [2.24, 2.45) is 5.73 Å². The first kappa shape index (κ1) is 27.8. The molecule has 3 unspecified atom stereocenters. The third-order valence-electron chi connectivity index (χ3n) is 3.83. The number of nitrogens with zero attached hydrogens (tertiary/aromatic N) is 2. The van der Waals surface area contributed by atoms with Crippen molar-refractivity contribution in [2.75, 3.05) is 0 Å². The molecular formula is C11H16ClN4O14P3. The summed E-state index contributed by atoms with van der Waals surface area (Å²) >= 11 is 6.31. The number of phosphoric acid groups is 3. The molecule has 186 valence electrons. The van der Waals surface area contributed by atoms with E-state index in [2.05, 4.69) is 24.0 Å². The average Bonchev–Trinajstić information content (AvgIpc) is 2.83. The highest BCUT2D eigenvalue weighted by atomic mass is 35.5. The summed E-state index contributed by atoms with van der Waals surface area (Å²) in [4.78, 5) is 62.2. The molecule has 18 nitrogen and oxygen atoms in total. The second-order valence-electron chi connectivity index (χ2n) is 6.22. The number of aromatic nitrogens is 3. The first-order valence-corrected chi connectivity index (χ1v) is 13.1. The number of halogens is 1. The van der Waals surface area contributed by atoms with Crippen molar-refractivity contribution >= 4 is 35.1 Å². The van der Waals surface area contributed by atoms with Crippen LogP contribution in [0.3, 0.4) is 0 Å². The maximum atomic E-state index is 12.1. The highest BCUT2D eigenvalue weighted by Gasteiger charge is 2.58. The Morgan fingerprint density at radius 3 is 2.39 bits per heavy atom. The molecule has 1 aliphatic rings. The molecule has 0 spiro atoms. The zero-order valence-electron chi connectivity index (χ0n) is 16.0. The Kier molecular flexibility index (Phi) is 8.17. The van der Waals surface area contributed by atoms with Crippen molar-refractivity contribution in [1.82, 2.24) is 14.5 Å². The quantitative estimate of drug-likeness (QED) is 0.0774. The number of aromatic amines is 1. The van der Waals surface area contributed by atoms with E-state index < -0.39 is 64.3 Å². The lowest BCUT2D eigenvalue weighted by Crippen LogP contribution is -2.45. The number of nitrogens with two attached hydrogens (primary N) is 1. The zero-order chi connectivity index (χ0) is 25.4. The summed E-state index contributed by atoms with van der Waals surface area (Å²) in [6, 6.07) is 1.91. The van der Waals surface area contributed by atoms with Crippen LogP contribution in [0.5, 0.6) is 0 Å². The SMILES string of the molecule is C[C@H](OP(=O)(O)OP(=O)(O)OP(=O)(O)O)[C@H]1OC(n2cnc(=O)[nH]c2=O)[C@](Cl)(C#CN)[C@H]1O. The number of rotatable bonds is 8. The fourth-order valence-corrected chi connectivity index (χ4v) is 6.22. The van der Waals surface area contributed by atoms with Gasteiger partial charge in [-0.1, -0.05) is 11.6 Å². The Bertz CT molecular complexity index is 1220. The van der Waals surface area contributed by atoms with Crippen LogP contribution in [0.4, 0.5) is 0 Å². The number of H-pyrrole nitrogens is 1. The smallest absolute Gasteiger partial charge is 0.387 e. The molecular weight excluding hydrogens is 541 g/mol. The minimum Gasteiger partial charge on any atom is -0.387 e. The van der Waals surface area contributed by atoms with Crippen molar-refractivity contribution in [3.63, 3.8) is 0 Å². The second kappa shape index (κ2) is 9.68. The van der Waals surface area contributed by atoms with Gasteiger partial charge < -0.3 is 35.2 Å². The first-order valence-electron chi connectivity index (χ1n) is 8.15. The topological polar surface area (TPSA) is 283 Å². The van der Waals surface area contributed by atoms with Crippen LogP contribution in [-0.4, -0.2) is 62.4 Å². The fourth-order valence-electron chi connectivity index (χ4n) is 2.68. The number of ether oxygens (including phenoxy) is 1. The maximum absolute atomic E-state index is 12.1. The van der Waals surface area contributed by atoms with Gasteiger partial charge in [-0.05, 0) is 12.8 Å². The number of aliphatic hydroxyl groups is 1. The van der Waals surface area contributed by atoms with Crippen molar-refractivity contribution < 1.29 is 56.3 Å². The Balaban J connectivity index is 2.32. The van der Waals surface area contributed by atoms with Gasteiger partial charge in [-0.3, -0.25) is 14.1 Å². The van der Waals surface area contributed by atoms with Gasteiger partial charge >= 0.3 is 34.8 Å². The molecule has 8 N–H and O–H groups in total. The molecule has 0 bridgehead atoms. The summed E-state index contributed by atoms with van der Waals surface area (Å²) in [5.74, 6) is 2.20. The molecule has 0 aliphatic carbocycles. The van der Waals surface area contributed by atoms with Crippen LogP contribution in [0, 0.1) is 12.0 Å². The molecule has 0 radical (unpaired) electrons. The number of alkyl halides is 1. The molecule has 1 saturated heterocycles. The molecule has 1 aromatic heterocycles. The van der Waals surface area contributed by atoms with Crippen molar-refractivity contribution in [3.8, 4) is 12.0 Å².